The van der Waals surface area contributed by atoms with Crippen LogP contribution in [0.1, 0.15) is 47.2 Å². The summed E-state index contributed by atoms with van der Waals surface area (Å²) < 4.78 is 7.23. The summed E-state index contributed by atoms with van der Waals surface area (Å²) in [6.07, 6.45) is 0. The number of hydrogen-bond acceptors (Lipinski definition) is 2. The third-order valence-electron chi connectivity index (χ3n) is 13.4. The minimum atomic E-state index is -0.563. The van der Waals surface area contributed by atoms with Crippen LogP contribution in [0, 0.1) is 0 Å². The highest BCUT2D eigenvalue weighted by Gasteiger charge is 2.47. The number of benzene rings is 9. The minimum Gasteiger partial charge on any atom is -0.456 e. The SMILES string of the molecule is CC1(C)c2ccccc2-c2ccc(N(c3ccc(-c4ccccc4)cc3)c3ccc4c(c3)oc3c(C5(c6ccccc6)c6ccccc6-c6ccccc65)cccc34)cc21. The molecule has 2 heteroatoms. The van der Waals surface area contributed by atoms with Crippen molar-refractivity contribution in [2.24, 2.45) is 0 Å². The van der Waals surface area contributed by atoms with Crippen LogP contribution in [-0.2, 0) is 10.8 Å². The molecule has 9 aromatic carbocycles. The van der Waals surface area contributed by atoms with E-state index in [-0.39, 0.29) is 5.41 Å². The summed E-state index contributed by atoms with van der Waals surface area (Å²) in [6.45, 7) is 4.70. The zero-order valence-corrected chi connectivity index (χ0v) is 33.6. The predicted molar refractivity (Wildman–Crippen MR) is 249 cm³/mol. The molecule has 2 nitrogen and oxygen atoms in total. The van der Waals surface area contributed by atoms with Crippen molar-refractivity contribution in [1.82, 2.24) is 0 Å². The van der Waals surface area contributed by atoms with E-state index in [1.807, 2.05) is 0 Å². The molecule has 0 fully saturated rings. The molecule has 10 aromatic rings. The summed E-state index contributed by atoms with van der Waals surface area (Å²) in [6, 6.07) is 77.6. The molecule has 0 N–H and O–H groups in total. The first kappa shape index (κ1) is 34.6. The van der Waals surface area contributed by atoms with Crippen molar-refractivity contribution in [1.29, 1.82) is 0 Å². The van der Waals surface area contributed by atoms with Crippen LogP contribution in [0.5, 0.6) is 0 Å². The maximum Gasteiger partial charge on any atom is 0.140 e. The Balaban J connectivity index is 1.06. The molecule has 12 rings (SSSR count). The van der Waals surface area contributed by atoms with Gasteiger partial charge in [0.2, 0.25) is 0 Å². The van der Waals surface area contributed by atoms with E-state index < -0.39 is 5.41 Å². The van der Waals surface area contributed by atoms with Crippen molar-refractivity contribution < 1.29 is 4.42 Å². The first-order valence-electron chi connectivity index (χ1n) is 20.9. The van der Waals surface area contributed by atoms with Gasteiger partial charge < -0.3 is 9.32 Å². The maximum absolute atomic E-state index is 7.23. The minimum absolute atomic E-state index is 0.129. The second-order valence-electron chi connectivity index (χ2n) is 16.8. The van der Waals surface area contributed by atoms with Crippen LogP contribution in [0.3, 0.4) is 0 Å². The molecule has 0 saturated carbocycles. The lowest BCUT2D eigenvalue weighted by molar-refractivity contribution is 0.648. The zero-order valence-electron chi connectivity index (χ0n) is 33.6. The molecular formula is C58H41NO. The van der Waals surface area contributed by atoms with Crippen LogP contribution in [0.2, 0.25) is 0 Å². The Bertz CT molecular complexity index is 3240. The fourth-order valence-corrected chi connectivity index (χ4v) is 10.6. The largest absolute Gasteiger partial charge is 0.456 e. The van der Waals surface area contributed by atoms with Crippen LogP contribution >= 0.6 is 0 Å². The van der Waals surface area contributed by atoms with E-state index in [0.717, 1.165) is 44.6 Å². The smallest absolute Gasteiger partial charge is 0.140 e. The molecule has 0 unspecified atom stereocenters. The Morgan fingerprint density at radius 3 is 1.58 bits per heavy atom. The molecule has 0 atom stereocenters. The lowest BCUT2D eigenvalue weighted by Gasteiger charge is -2.33. The predicted octanol–water partition coefficient (Wildman–Crippen LogP) is 15.4. The lowest BCUT2D eigenvalue weighted by atomic mass is 9.67. The Kier molecular flexibility index (Phi) is 7.52. The number of fused-ring (bicyclic) bond motifs is 9. The van der Waals surface area contributed by atoms with Gasteiger partial charge in [-0.05, 0) is 97.6 Å². The van der Waals surface area contributed by atoms with Crippen molar-refractivity contribution in [3.8, 4) is 33.4 Å². The molecule has 1 aromatic heterocycles. The Hall–Kier alpha value is -7.42. The summed E-state index contributed by atoms with van der Waals surface area (Å²) in [4.78, 5) is 2.39. The monoisotopic (exact) mass is 767 g/mol. The summed E-state index contributed by atoms with van der Waals surface area (Å²) in [5.41, 5.74) is 19.5. The Labute approximate surface area is 350 Å². The number of rotatable bonds is 6. The van der Waals surface area contributed by atoms with E-state index in [2.05, 4.69) is 231 Å². The Morgan fingerprint density at radius 1 is 0.367 bits per heavy atom. The molecule has 0 spiro atoms. The van der Waals surface area contributed by atoms with E-state index in [4.69, 9.17) is 4.42 Å². The molecule has 0 radical (unpaired) electrons. The molecule has 2 aliphatic carbocycles. The lowest BCUT2D eigenvalue weighted by Crippen LogP contribution is -2.28. The highest BCUT2D eigenvalue weighted by Crippen LogP contribution is 2.58. The standard InChI is InChI=1S/C58H41NO/c1-57(2)50-24-12-9-20-44(50)47-34-32-42(36-54(47)57)59(41-30-28-39(29-31-41)38-16-5-3-6-17-38)43-33-35-48-49-23-15-27-53(56(49)60-55(48)37-43)58(40-18-7-4-8-19-40)51-25-13-10-21-45(51)46-22-11-14-26-52(46)58/h3-37H,1-2H3. The van der Waals surface area contributed by atoms with Crippen molar-refractivity contribution in [3.05, 3.63) is 246 Å². The number of hydrogen-bond donors (Lipinski definition) is 0. The number of para-hydroxylation sites is 1. The second-order valence-corrected chi connectivity index (χ2v) is 16.8. The van der Waals surface area contributed by atoms with Crippen molar-refractivity contribution >= 4 is 39.0 Å². The molecule has 1 heterocycles. The fourth-order valence-electron chi connectivity index (χ4n) is 10.6. The number of nitrogens with zero attached hydrogens (tertiary/aromatic N) is 1. The van der Waals surface area contributed by atoms with Crippen LogP contribution in [0.25, 0.3) is 55.3 Å². The third kappa shape index (κ3) is 4.88. The number of furan rings is 1. The molecule has 0 saturated heterocycles. The topological polar surface area (TPSA) is 16.4 Å². The summed E-state index contributed by atoms with van der Waals surface area (Å²) in [5.74, 6) is 0. The highest BCUT2D eigenvalue weighted by atomic mass is 16.3. The van der Waals surface area contributed by atoms with Gasteiger partial charge in [-0.25, -0.2) is 0 Å². The first-order valence-corrected chi connectivity index (χ1v) is 20.9. The third-order valence-corrected chi connectivity index (χ3v) is 13.4. The molecule has 0 bridgehead atoms. The van der Waals surface area contributed by atoms with Crippen LogP contribution in [0.4, 0.5) is 17.1 Å². The Morgan fingerprint density at radius 2 is 0.883 bits per heavy atom. The highest BCUT2D eigenvalue weighted by molar-refractivity contribution is 6.08. The average molecular weight is 768 g/mol. The fraction of sp³-hybridized carbons (Fsp3) is 0.0690. The van der Waals surface area contributed by atoms with E-state index in [1.54, 1.807) is 0 Å². The summed E-state index contributed by atoms with van der Waals surface area (Å²) >= 11 is 0. The van der Waals surface area contributed by atoms with E-state index in [1.165, 1.54) is 61.2 Å². The molecule has 0 aliphatic heterocycles. The summed E-state index contributed by atoms with van der Waals surface area (Å²) in [7, 11) is 0. The van der Waals surface area contributed by atoms with Gasteiger partial charge in [0.1, 0.15) is 11.2 Å². The molecule has 60 heavy (non-hydrogen) atoms. The van der Waals surface area contributed by atoms with Crippen LogP contribution in [0.15, 0.2) is 217 Å². The van der Waals surface area contributed by atoms with Gasteiger partial charge >= 0.3 is 0 Å². The van der Waals surface area contributed by atoms with Gasteiger partial charge in [0.25, 0.3) is 0 Å². The number of anilines is 3. The maximum atomic E-state index is 7.23. The normalized spacial score (nSPS) is 14.1. The molecule has 2 aliphatic rings. The van der Waals surface area contributed by atoms with Crippen LogP contribution in [-0.4, -0.2) is 0 Å². The van der Waals surface area contributed by atoms with Crippen molar-refractivity contribution in [2.75, 3.05) is 4.90 Å². The molecular weight excluding hydrogens is 727 g/mol. The second kappa shape index (κ2) is 13.0. The van der Waals surface area contributed by atoms with Crippen LogP contribution < -0.4 is 4.90 Å². The van der Waals surface area contributed by atoms with E-state index >= 15 is 0 Å². The van der Waals surface area contributed by atoms with Gasteiger partial charge in [-0.3, -0.25) is 0 Å². The van der Waals surface area contributed by atoms with Gasteiger partial charge in [-0.1, -0.05) is 184 Å². The van der Waals surface area contributed by atoms with E-state index in [9.17, 15) is 0 Å². The first-order chi connectivity index (χ1) is 29.5. The zero-order chi connectivity index (χ0) is 40.0. The van der Waals surface area contributed by atoms with Gasteiger partial charge in [0.05, 0.1) is 5.41 Å². The summed E-state index contributed by atoms with van der Waals surface area (Å²) in [5, 5.41) is 2.21. The van der Waals surface area contributed by atoms with Crippen molar-refractivity contribution in [3.63, 3.8) is 0 Å². The van der Waals surface area contributed by atoms with Gasteiger partial charge in [0, 0.05) is 44.9 Å². The quantitative estimate of drug-likeness (QED) is 0.168. The molecule has 284 valence electrons. The van der Waals surface area contributed by atoms with Crippen molar-refractivity contribution in [2.45, 2.75) is 24.7 Å². The van der Waals surface area contributed by atoms with Gasteiger partial charge in [-0.15, -0.1) is 0 Å². The molecule has 0 amide bonds. The van der Waals surface area contributed by atoms with Gasteiger partial charge in [0.15, 0.2) is 0 Å². The van der Waals surface area contributed by atoms with E-state index in [0.29, 0.717) is 0 Å². The van der Waals surface area contributed by atoms with Gasteiger partial charge in [-0.2, -0.15) is 0 Å². The average Bonchev–Trinajstić information content (AvgIpc) is 3.91.